The molecule has 0 saturated heterocycles. The highest BCUT2D eigenvalue weighted by atomic mass is 32.1. The minimum absolute atomic E-state index is 0.525. The summed E-state index contributed by atoms with van der Waals surface area (Å²) in [6.07, 6.45) is 0. The lowest BCUT2D eigenvalue weighted by atomic mass is 10.0. The van der Waals surface area contributed by atoms with Crippen molar-refractivity contribution >= 4 is 171 Å². The molecular formula is C85H48N6S3. The van der Waals surface area contributed by atoms with Gasteiger partial charge in [-0.05, 0) is 124 Å². The van der Waals surface area contributed by atoms with Gasteiger partial charge in [-0.1, -0.05) is 206 Å². The van der Waals surface area contributed by atoms with Gasteiger partial charge in [0.15, 0.2) is 5.82 Å². The van der Waals surface area contributed by atoms with Crippen molar-refractivity contribution in [3.05, 3.63) is 291 Å². The maximum absolute atomic E-state index is 5.75. The van der Waals surface area contributed by atoms with Crippen molar-refractivity contribution in [2.24, 2.45) is 0 Å². The van der Waals surface area contributed by atoms with E-state index in [4.69, 9.17) is 15.0 Å². The molecule has 0 fully saturated rings. The zero-order valence-electron chi connectivity index (χ0n) is 50.1. The first-order valence-electron chi connectivity index (χ1n) is 31.7. The van der Waals surface area contributed by atoms with Gasteiger partial charge in [-0.3, -0.25) is 9.13 Å². The molecule has 436 valence electrons. The predicted molar refractivity (Wildman–Crippen MR) is 401 cm³/mol. The van der Waals surface area contributed by atoms with E-state index in [1.165, 1.54) is 82.4 Å². The monoisotopic (exact) mass is 1250 g/mol. The molecule has 0 atom stereocenters. The number of hydrogen-bond donors (Lipinski definition) is 0. The maximum Gasteiger partial charge on any atom is 0.240 e. The molecule has 0 amide bonds. The maximum atomic E-state index is 5.75. The van der Waals surface area contributed by atoms with Gasteiger partial charge < -0.3 is 4.57 Å². The van der Waals surface area contributed by atoms with Crippen LogP contribution in [0.2, 0.25) is 0 Å². The Bertz CT molecular complexity index is 6580. The number of fused-ring (bicyclic) bond motifs is 19. The van der Waals surface area contributed by atoms with Crippen LogP contribution in [0.15, 0.2) is 291 Å². The van der Waals surface area contributed by atoms with Crippen LogP contribution in [0.5, 0.6) is 0 Å². The first-order chi connectivity index (χ1) is 46.6. The van der Waals surface area contributed by atoms with E-state index >= 15 is 0 Å². The summed E-state index contributed by atoms with van der Waals surface area (Å²) in [6.45, 7) is 0. The summed E-state index contributed by atoms with van der Waals surface area (Å²) in [6, 6.07) is 107. The molecule has 7 heterocycles. The Morgan fingerprint density at radius 2 is 0.500 bits per heavy atom. The molecule has 6 nitrogen and oxygen atoms in total. The summed E-state index contributed by atoms with van der Waals surface area (Å²) in [4.78, 5) is 17.2. The third kappa shape index (κ3) is 7.71. The molecule has 0 aliphatic rings. The number of benzene rings is 14. The summed E-state index contributed by atoms with van der Waals surface area (Å²) < 4.78 is 14.7. The largest absolute Gasteiger partial charge is 0.309 e. The summed E-state index contributed by atoms with van der Waals surface area (Å²) in [7, 11) is 0. The highest BCUT2D eigenvalue weighted by Gasteiger charge is 2.25. The Labute approximate surface area is 549 Å². The van der Waals surface area contributed by atoms with Crippen LogP contribution in [0.3, 0.4) is 0 Å². The molecule has 0 saturated carbocycles. The number of rotatable bonds is 7. The van der Waals surface area contributed by atoms with Gasteiger partial charge in [0, 0.05) is 104 Å². The Morgan fingerprint density at radius 3 is 0.915 bits per heavy atom. The molecule has 21 rings (SSSR count). The molecule has 94 heavy (non-hydrogen) atoms. The zero-order valence-corrected chi connectivity index (χ0v) is 52.6. The van der Waals surface area contributed by atoms with Gasteiger partial charge in [-0.2, -0.15) is 15.0 Å². The molecule has 0 unspecified atom stereocenters. The molecular weight excluding hydrogens is 1200 g/mol. The number of aromatic nitrogens is 6. The number of hydrogen-bond acceptors (Lipinski definition) is 6. The van der Waals surface area contributed by atoms with E-state index in [-0.39, 0.29) is 0 Å². The van der Waals surface area contributed by atoms with Gasteiger partial charge in [-0.25, -0.2) is 0 Å². The van der Waals surface area contributed by atoms with Crippen LogP contribution in [0, 0.1) is 0 Å². The van der Waals surface area contributed by atoms with Crippen molar-refractivity contribution in [1.29, 1.82) is 0 Å². The van der Waals surface area contributed by atoms with Crippen LogP contribution in [-0.4, -0.2) is 28.7 Å². The second-order valence-corrected chi connectivity index (χ2v) is 27.9. The highest BCUT2D eigenvalue weighted by molar-refractivity contribution is 7.26. The zero-order chi connectivity index (χ0) is 61.3. The standard InChI is InChI=1S/C85H48N6S3/c1-2-16-56-55(15-1)69(41-42-73(56)89-70-23-9-3-17-57(70)60-35-29-49(43-74(60)89)52-32-38-66-63-20-6-12-26-77(63)92-80(66)46-52)83-86-84(90-71-24-10-4-18-58(71)61-36-30-50(44-75(61)90)53-33-39-67-64-21-7-13-27-78(64)93-81(67)47-53)88-85(87-83)91-72-25-11-5-19-59(72)62-37-31-51(45-76(62)91)54-34-40-68-65-22-8-14-28-79(65)94-82(68)48-54/h1-48H. The third-order valence-electron chi connectivity index (χ3n) is 19.6. The average molecular weight is 1250 g/mol. The number of para-hydroxylation sites is 3. The van der Waals surface area contributed by atoms with Crippen molar-refractivity contribution in [1.82, 2.24) is 28.7 Å². The minimum Gasteiger partial charge on any atom is -0.309 e. The van der Waals surface area contributed by atoms with Gasteiger partial charge in [0.25, 0.3) is 0 Å². The van der Waals surface area contributed by atoms with E-state index in [0.29, 0.717) is 17.7 Å². The second-order valence-electron chi connectivity index (χ2n) is 24.6. The molecule has 0 aliphatic carbocycles. The van der Waals surface area contributed by atoms with Gasteiger partial charge in [0.1, 0.15) is 0 Å². The quantitative estimate of drug-likeness (QED) is 0.160. The molecule has 0 bridgehead atoms. The third-order valence-corrected chi connectivity index (χ3v) is 23.0. The van der Waals surface area contributed by atoms with E-state index in [1.54, 1.807) is 0 Å². The van der Waals surface area contributed by atoms with Crippen LogP contribution in [-0.2, 0) is 0 Å². The summed E-state index contributed by atoms with van der Waals surface area (Å²) in [5, 5.41) is 16.7. The summed E-state index contributed by atoms with van der Waals surface area (Å²) in [5.41, 5.74) is 15.2. The predicted octanol–water partition coefficient (Wildman–Crippen LogP) is 24.1. The van der Waals surface area contributed by atoms with Gasteiger partial charge in [0.2, 0.25) is 11.9 Å². The molecule has 0 aliphatic heterocycles. The molecule has 0 N–H and O–H groups in total. The fraction of sp³-hybridized carbons (Fsp3) is 0. The molecule has 14 aromatic carbocycles. The summed E-state index contributed by atoms with van der Waals surface area (Å²) in [5.74, 6) is 1.62. The first-order valence-corrected chi connectivity index (χ1v) is 34.2. The lowest BCUT2D eigenvalue weighted by Crippen LogP contribution is -2.10. The van der Waals surface area contributed by atoms with Crippen LogP contribution >= 0.6 is 34.0 Å². The van der Waals surface area contributed by atoms with Crippen molar-refractivity contribution in [2.45, 2.75) is 0 Å². The Hall–Kier alpha value is -11.6. The van der Waals surface area contributed by atoms with Crippen LogP contribution in [0.4, 0.5) is 0 Å². The van der Waals surface area contributed by atoms with E-state index in [9.17, 15) is 0 Å². The first kappa shape index (κ1) is 52.1. The molecule has 7 aromatic heterocycles. The molecule has 0 spiro atoms. The Morgan fingerprint density at radius 1 is 0.202 bits per heavy atom. The van der Waals surface area contributed by atoms with Crippen molar-refractivity contribution in [2.75, 3.05) is 0 Å². The Kier molecular flexibility index (Phi) is 11.1. The van der Waals surface area contributed by atoms with Crippen LogP contribution in [0.1, 0.15) is 0 Å². The van der Waals surface area contributed by atoms with Gasteiger partial charge >= 0.3 is 0 Å². The number of nitrogens with zero attached hydrogens (tertiary/aromatic N) is 6. The normalized spacial score (nSPS) is 12.3. The lowest BCUT2D eigenvalue weighted by molar-refractivity contribution is 0.893. The van der Waals surface area contributed by atoms with E-state index in [2.05, 4.69) is 305 Å². The molecule has 21 aromatic rings. The average Bonchev–Trinajstić information content (AvgIpc) is 1.62. The van der Waals surface area contributed by atoms with Crippen LogP contribution < -0.4 is 0 Å². The smallest absolute Gasteiger partial charge is 0.240 e. The summed E-state index contributed by atoms with van der Waals surface area (Å²) >= 11 is 5.55. The number of thiophene rings is 3. The molecule has 0 radical (unpaired) electrons. The van der Waals surface area contributed by atoms with Crippen molar-refractivity contribution < 1.29 is 0 Å². The van der Waals surface area contributed by atoms with Crippen molar-refractivity contribution in [3.8, 4) is 62.4 Å². The van der Waals surface area contributed by atoms with E-state index in [1.807, 2.05) is 34.0 Å². The highest BCUT2D eigenvalue weighted by Crippen LogP contribution is 2.45. The van der Waals surface area contributed by atoms with E-state index in [0.717, 1.165) is 98.9 Å². The Balaban J connectivity index is 0.796. The second kappa shape index (κ2) is 20.0. The van der Waals surface area contributed by atoms with Crippen LogP contribution in [0.25, 0.3) is 199 Å². The van der Waals surface area contributed by atoms with E-state index < -0.39 is 0 Å². The lowest BCUT2D eigenvalue weighted by Gasteiger charge is -2.16. The van der Waals surface area contributed by atoms with Crippen molar-refractivity contribution in [3.63, 3.8) is 0 Å². The fourth-order valence-corrected chi connectivity index (χ4v) is 18.6. The van der Waals surface area contributed by atoms with Gasteiger partial charge in [-0.15, -0.1) is 34.0 Å². The fourth-order valence-electron chi connectivity index (χ4n) is 15.2. The topological polar surface area (TPSA) is 53.5 Å². The minimum atomic E-state index is 0.525. The SMILES string of the molecule is c1ccc2c(c1)sc1cc(-c3ccc4c5ccccc5n(-c5nc(-c6ccc(-n7c8ccccc8c8ccc(-c9ccc%10c(c9)sc9ccccc9%10)cc87)c7ccccc67)nc(-n6c7ccccc7c7ccc(-c8ccc9c(c8)sc8ccccc89)cc76)n5)c4c3)ccc12. The van der Waals surface area contributed by atoms with Gasteiger partial charge in [0.05, 0.1) is 38.8 Å². The molecule has 9 heteroatoms.